The third kappa shape index (κ3) is 4.14. The second-order valence-corrected chi connectivity index (χ2v) is 1.99. The molecule has 0 unspecified atom stereocenters. The van der Waals surface area contributed by atoms with Crippen LogP contribution in [0.1, 0.15) is 0 Å². The van der Waals surface area contributed by atoms with Crippen molar-refractivity contribution in [2.75, 3.05) is 0 Å². The van der Waals surface area contributed by atoms with E-state index in [1.165, 1.54) is 0 Å². The van der Waals surface area contributed by atoms with Gasteiger partial charge < -0.3 is 0 Å². The summed E-state index contributed by atoms with van der Waals surface area (Å²) >= 11 is 5.56. The average Bonchev–Trinajstić information content (AvgIpc) is 1.77. The Bertz CT molecular complexity index is 152. The molecule has 3 radical (unpaired) electrons. The van der Waals surface area contributed by atoms with Crippen LogP contribution in [-0.2, 0) is 0 Å². The zero-order chi connectivity index (χ0) is 5.98. The van der Waals surface area contributed by atoms with Crippen molar-refractivity contribution in [3.63, 3.8) is 0 Å². The molecule has 0 amide bonds. The summed E-state index contributed by atoms with van der Waals surface area (Å²) in [5.41, 5.74) is 0.745. The predicted molar refractivity (Wildman–Crippen MR) is 42.6 cm³/mol. The van der Waals surface area contributed by atoms with E-state index >= 15 is 0 Å². The normalized spacial score (nSPS) is 8.11. The van der Waals surface area contributed by atoms with Crippen LogP contribution in [-0.4, -0.2) is 76.7 Å². The maximum atomic E-state index is 5.56. The topological polar surface area (TPSA) is 0 Å². The third-order valence-electron chi connectivity index (χ3n) is 0.870. The molecule has 1 rings (SSSR count). The van der Waals surface area contributed by atoms with E-state index in [-0.39, 0.29) is 68.9 Å². The predicted octanol–water partition coefficient (Wildman–Crippen LogP) is 0.753. The summed E-state index contributed by atoms with van der Waals surface area (Å²) in [5.74, 6) is 0. The summed E-state index contributed by atoms with van der Waals surface area (Å²) in [6, 6.07) is 7.05. The van der Waals surface area contributed by atoms with Crippen molar-refractivity contribution in [1.82, 2.24) is 0 Å². The number of benzene rings is 1. The molecule has 1 aromatic carbocycles. The summed E-state index contributed by atoms with van der Waals surface area (Å²) in [6.07, 6.45) is 0. The first-order valence-corrected chi connectivity index (χ1v) is 2.68. The van der Waals surface area contributed by atoms with E-state index in [4.69, 9.17) is 19.4 Å². The molecular formula is C6H4BClCs. The largest absolute Gasteiger partial charge is 0.113 e. The first-order valence-electron chi connectivity index (χ1n) is 2.30. The fourth-order valence-electron chi connectivity index (χ4n) is 0.463. The van der Waals surface area contributed by atoms with Crippen molar-refractivity contribution in [1.29, 1.82) is 0 Å². The van der Waals surface area contributed by atoms with Crippen molar-refractivity contribution in [2.24, 2.45) is 0 Å². The molecule has 0 atom stereocenters. The summed E-state index contributed by atoms with van der Waals surface area (Å²) in [6.45, 7) is 0. The second kappa shape index (κ2) is 5.30. The second-order valence-electron chi connectivity index (χ2n) is 1.55. The number of hydrogen-bond donors (Lipinski definition) is 0. The van der Waals surface area contributed by atoms with Crippen molar-refractivity contribution >= 4 is 93.8 Å². The van der Waals surface area contributed by atoms with Crippen LogP contribution in [0, 0.1) is 0 Å². The molecule has 0 saturated heterocycles. The van der Waals surface area contributed by atoms with E-state index in [0.29, 0.717) is 0 Å². The van der Waals surface area contributed by atoms with Crippen molar-refractivity contribution in [2.45, 2.75) is 0 Å². The van der Waals surface area contributed by atoms with Gasteiger partial charge in [-0.2, -0.15) is 0 Å². The van der Waals surface area contributed by atoms with Gasteiger partial charge in [-0.05, 0) is 12.1 Å². The SMILES string of the molecule is [B]c1ccc(Cl)cc1.[Cs]. The number of rotatable bonds is 0. The fourth-order valence-corrected chi connectivity index (χ4v) is 0.589. The summed E-state index contributed by atoms with van der Waals surface area (Å²) in [7, 11) is 5.37. The monoisotopic (exact) mass is 255 g/mol. The van der Waals surface area contributed by atoms with Crippen molar-refractivity contribution in [3.05, 3.63) is 29.3 Å². The van der Waals surface area contributed by atoms with Gasteiger partial charge in [0.15, 0.2) is 0 Å². The van der Waals surface area contributed by atoms with Crippen LogP contribution in [0.25, 0.3) is 0 Å². The van der Waals surface area contributed by atoms with Gasteiger partial charge in [0.05, 0.1) is 0 Å². The van der Waals surface area contributed by atoms with Gasteiger partial charge in [0.1, 0.15) is 7.85 Å². The van der Waals surface area contributed by atoms with Gasteiger partial charge >= 0.3 is 0 Å². The molecule has 0 bridgehead atoms. The Hall–Kier alpha value is 1.63. The molecule has 0 fully saturated rings. The molecule has 0 saturated carbocycles. The smallest absolute Gasteiger partial charge is 0.0966 e. The van der Waals surface area contributed by atoms with Crippen LogP contribution in [0.15, 0.2) is 24.3 Å². The Kier molecular flexibility index (Phi) is 6.26. The van der Waals surface area contributed by atoms with Gasteiger partial charge in [-0.1, -0.05) is 29.2 Å². The molecule has 1 aromatic rings. The summed E-state index contributed by atoms with van der Waals surface area (Å²) in [5, 5.41) is 0.721. The van der Waals surface area contributed by atoms with Gasteiger partial charge in [-0.25, -0.2) is 0 Å². The maximum absolute atomic E-state index is 5.56. The van der Waals surface area contributed by atoms with Gasteiger partial charge in [-0.3, -0.25) is 0 Å². The minimum absolute atomic E-state index is 0. The van der Waals surface area contributed by atoms with Gasteiger partial charge in [0.25, 0.3) is 0 Å². The molecule has 0 aromatic heterocycles. The first-order chi connectivity index (χ1) is 3.79. The Morgan fingerprint density at radius 1 is 1.11 bits per heavy atom. The van der Waals surface area contributed by atoms with Crippen LogP contribution < -0.4 is 5.46 Å². The Morgan fingerprint density at radius 2 is 1.56 bits per heavy atom. The minimum Gasteiger partial charge on any atom is -0.0966 e. The molecule has 0 nitrogen and oxygen atoms in total. The molecule has 0 aliphatic carbocycles. The van der Waals surface area contributed by atoms with Crippen LogP contribution in [0.2, 0.25) is 5.02 Å². The Morgan fingerprint density at radius 3 is 1.89 bits per heavy atom. The molecule has 39 valence electrons. The van der Waals surface area contributed by atoms with Gasteiger partial charge in [-0.15, -0.1) is 0 Å². The molecule has 0 aliphatic rings. The molecule has 0 spiro atoms. The molecule has 0 aliphatic heterocycles. The molecular weight excluding hydrogens is 251 g/mol. The number of halogens is 1. The van der Waals surface area contributed by atoms with E-state index in [9.17, 15) is 0 Å². The molecule has 9 heavy (non-hydrogen) atoms. The summed E-state index contributed by atoms with van der Waals surface area (Å²) < 4.78 is 0. The van der Waals surface area contributed by atoms with Crippen LogP contribution in [0.3, 0.4) is 0 Å². The average molecular weight is 255 g/mol. The van der Waals surface area contributed by atoms with E-state index in [2.05, 4.69) is 0 Å². The van der Waals surface area contributed by atoms with E-state index < -0.39 is 0 Å². The van der Waals surface area contributed by atoms with Crippen molar-refractivity contribution < 1.29 is 0 Å². The van der Waals surface area contributed by atoms with Crippen LogP contribution in [0.5, 0.6) is 0 Å². The molecule has 3 heteroatoms. The Labute approximate surface area is 120 Å². The zero-order valence-corrected chi connectivity index (χ0v) is 12.3. The quantitative estimate of drug-likeness (QED) is 0.600. The Balaban J connectivity index is 0.000000640. The number of hydrogen-bond acceptors (Lipinski definition) is 0. The van der Waals surface area contributed by atoms with Crippen molar-refractivity contribution in [3.8, 4) is 0 Å². The maximum Gasteiger partial charge on any atom is 0.113 e. The van der Waals surface area contributed by atoms with Gasteiger partial charge in [0, 0.05) is 73.9 Å². The van der Waals surface area contributed by atoms with Crippen LogP contribution in [0.4, 0.5) is 0 Å². The molecule has 0 N–H and O–H groups in total. The van der Waals surface area contributed by atoms with E-state index in [1.807, 2.05) is 0 Å². The molecule has 0 heterocycles. The van der Waals surface area contributed by atoms with Gasteiger partial charge in [0.2, 0.25) is 0 Å². The summed E-state index contributed by atoms with van der Waals surface area (Å²) in [4.78, 5) is 0. The third-order valence-corrected chi connectivity index (χ3v) is 1.12. The standard InChI is InChI=1S/C6H4BCl.Cs/c7-5-1-3-6(8)4-2-5;/h1-4H;. The van der Waals surface area contributed by atoms with E-state index in [0.717, 1.165) is 10.5 Å². The first kappa shape index (κ1) is 10.6. The van der Waals surface area contributed by atoms with Crippen LogP contribution >= 0.6 is 11.6 Å². The zero-order valence-electron chi connectivity index (χ0n) is 5.26. The van der Waals surface area contributed by atoms with E-state index in [1.54, 1.807) is 24.3 Å². The fraction of sp³-hybridized carbons (Fsp3) is 0. The minimum atomic E-state index is 0.